The Labute approximate surface area is 353 Å². The van der Waals surface area contributed by atoms with Crippen LogP contribution >= 0.6 is 0 Å². The van der Waals surface area contributed by atoms with Crippen LogP contribution in [-0.4, -0.2) is 4.70 Å². The van der Waals surface area contributed by atoms with E-state index in [1.165, 1.54) is 175 Å². The maximum absolute atomic E-state index is 12.7. The van der Waals surface area contributed by atoms with Crippen molar-refractivity contribution < 1.29 is 4.70 Å². The Hall–Kier alpha value is -2.92. The molecule has 2 nitrogen and oxygen atoms in total. The Morgan fingerprint density at radius 2 is 0.737 bits per heavy atom. The van der Waals surface area contributed by atoms with Gasteiger partial charge in [-0.15, -0.1) is 0 Å². The maximum Gasteiger partial charge on any atom is 0.223 e. The van der Waals surface area contributed by atoms with Gasteiger partial charge in [0, 0.05) is 23.1 Å². The fourth-order valence-corrected chi connectivity index (χ4v) is 8.62. The first-order valence-corrected chi connectivity index (χ1v) is 24.7. The SMILES string of the molecule is CCCCCCCCCCCCCC#CC1=C(c2cc(CCCCC)cc(CCCCC)c2)[N+](=[N-])C(c2cc(CCCCC)cc(CCCCC)c2)=C1CCCC. The molecule has 1 aliphatic heterocycles. The summed E-state index contributed by atoms with van der Waals surface area (Å²) in [5.74, 6) is 7.46. The summed E-state index contributed by atoms with van der Waals surface area (Å²) in [6.45, 7) is 13.8. The van der Waals surface area contributed by atoms with Crippen LogP contribution in [0.3, 0.4) is 0 Å². The molecule has 0 bridgehead atoms. The van der Waals surface area contributed by atoms with Gasteiger partial charge >= 0.3 is 0 Å². The number of benzene rings is 2. The second-order valence-electron chi connectivity index (χ2n) is 17.5. The van der Waals surface area contributed by atoms with Gasteiger partial charge in [0.2, 0.25) is 11.4 Å². The van der Waals surface area contributed by atoms with Crippen molar-refractivity contribution in [1.82, 2.24) is 0 Å². The number of unbranched alkanes of at least 4 members (excludes halogenated alkanes) is 20. The number of nitrogens with zero attached hydrogens (tertiary/aromatic N) is 2. The first-order chi connectivity index (χ1) is 28.0. The van der Waals surface area contributed by atoms with E-state index in [1.807, 2.05) is 0 Å². The van der Waals surface area contributed by atoms with Gasteiger partial charge < -0.3 is 5.53 Å². The van der Waals surface area contributed by atoms with E-state index in [2.05, 4.69) is 89.8 Å². The molecule has 3 rings (SSSR count). The van der Waals surface area contributed by atoms with E-state index in [-0.39, 0.29) is 0 Å². The van der Waals surface area contributed by atoms with Crippen LogP contribution in [0.1, 0.15) is 248 Å². The first kappa shape index (κ1) is 48.4. The second-order valence-corrected chi connectivity index (χ2v) is 17.5. The quantitative estimate of drug-likeness (QED) is 0.0402. The molecule has 0 aromatic heterocycles. The minimum Gasteiger partial charge on any atom is -0.493 e. The largest absolute Gasteiger partial charge is 0.493 e. The Bertz CT molecular complexity index is 1500. The molecule has 0 saturated heterocycles. The molecule has 1 aliphatic rings. The third kappa shape index (κ3) is 17.9. The summed E-state index contributed by atoms with van der Waals surface area (Å²) in [6, 6.07) is 14.5. The van der Waals surface area contributed by atoms with Crippen LogP contribution in [0.2, 0.25) is 0 Å². The maximum atomic E-state index is 12.7. The summed E-state index contributed by atoms with van der Waals surface area (Å²) in [5, 5.41) is 0. The summed E-state index contributed by atoms with van der Waals surface area (Å²) in [7, 11) is 0. The van der Waals surface area contributed by atoms with Crippen molar-refractivity contribution in [1.29, 1.82) is 0 Å². The van der Waals surface area contributed by atoms with Gasteiger partial charge in [-0.25, -0.2) is 4.70 Å². The molecular weight excluding hydrogens is 689 g/mol. The monoisotopic (exact) mass is 775 g/mol. The van der Waals surface area contributed by atoms with Gasteiger partial charge in [0.15, 0.2) is 0 Å². The Morgan fingerprint density at radius 3 is 1.14 bits per heavy atom. The smallest absolute Gasteiger partial charge is 0.223 e. The summed E-state index contributed by atoms with van der Waals surface area (Å²) in [4.78, 5) is 0. The number of rotatable bonds is 32. The average molecular weight is 775 g/mol. The predicted octanol–water partition coefficient (Wildman–Crippen LogP) is 17.7. The number of hydrogen-bond acceptors (Lipinski definition) is 0. The van der Waals surface area contributed by atoms with E-state index in [0.717, 1.165) is 80.3 Å². The van der Waals surface area contributed by atoms with Crippen LogP contribution in [0.5, 0.6) is 0 Å². The van der Waals surface area contributed by atoms with Crippen molar-refractivity contribution in [2.75, 3.05) is 0 Å². The van der Waals surface area contributed by atoms with Crippen molar-refractivity contribution in [2.45, 2.75) is 241 Å². The molecule has 57 heavy (non-hydrogen) atoms. The lowest BCUT2D eigenvalue weighted by atomic mass is 9.92. The van der Waals surface area contributed by atoms with Crippen LogP contribution in [-0.2, 0) is 25.7 Å². The van der Waals surface area contributed by atoms with Crippen LogP contribution < -0.4 is 0 Å². The molecule has 0 atom stereocenters. The fraction of sp³-hybridized carbons (Fsp3) is 0.673. The number of allylic oxidation sites excluding steroid dienone is 2. The van der Waals surface area contributed by atoms with Crippen molar-refractivity contribution in [2.24, 2.45) is 0 Å². The minimum atomic E-state index is 0.917. The molecule has 0 saturated carbocycles. The molecule has 0 spiro atoms. The van der Waals surface area contributed by atoms with Gasteiger partial charge in [0.05, 0.1) is 0 Å². The van der Waals surface area contributed by atoms with Crippen LogP contribution in [0.4, 0.5) is 0 Å². The van der Waals surface area contributed by atoms with E-state index in [0.29, 0.717) is 0 Å². The van der Waals surface area contributed by atoms with Crippen LogP contribution in [0, 0.1) is 11.8 Å². The van der Waals surface area contributed by atoms with E-state index in [9.17, 15) is 5.53 Å². The van der Waals surface area contributed by atoms with Gasteiger partial charge in [0.1, 0.15) is 5.57 Å². The number of aryl methyl sites for hydroxylation is 4. The summed E-state index contributed by atoms with van der Waals surface area (Å²) in [5.41, 5.74) is 24.8. The van der Waals surface area contributed by atoms with E-state index in [1.54, 1.807) is 4.70 Å². The van der Waals surface area contributed by atoms with Gasteiger partial charge in [-0.3, -0.25) is 0 Å². The number of hydrogen-bond donors (Lipinski definition) is 0. The molecule has 0 aliphatic carbocycles. The molecule has 0 amide bonds. The Morgan fingerprint density at radius 1 is 0.386 bits per heavy atom. The summed E-state index contributed by atoms with van der Waals surface area (Å²) >= 11 is 0. The van der Waals surface area contributed by atoms with Crippen molar-refractivity contribution in [3.63, 3.8) is 0 Å². The molecule has 0 N–H and O–H groups in total. The Kier molecular flexibility index (Phi) is 25.6. The fourth-order valence-electron chi connectivity index (χ4n) is 8.62. The second kappa shape index (κ2) is 30.2. The average Bonchev–Trinajstić information content (AvgIpc) is 3.49. The Balaban J connectivity index is 2.05. The molecule has 2 aromatic rings. The van der Waals surface area contributed by atoms with Crippen molar-refractivity contribution in [3.8, 4) is 11.8 Å². The molecule has 2 aromatic carbocycles. The highest BCUT2D eigenvalue weighted by Crippen LogP contribution is 2.43. The van der Waals surface area contributed by atoms with Gasteiger partial charge in [-0.05, 0) is 117 Å². The first-order valence-electron chi connectivity index (χ1n) is 24.7. The van der Waals surface area contributed by atoms with E-state index < -0.39 is 0 Å². The van der Waals surface area contributed by atoms with Gasteiger partial charge in [0.25, 0.3) is 0 Å². The highest BCUT2D eigenvalue weighted by Gasteiger charge is 2.35. The van der Waals surface area contributed by atoms with Crippen molar-refractivity contribution in [3.05, 3.63) is 86.5 Å². The molecule has 1 heterocycles. The van der Waals surface area contributed by atoms with Crippen LogP contribution in [0.15, 0.2) is 47.5 Å². The van der Waals surface area contributed by atoms with E-state index >= 15 is 0 Å². The molecule has 0 unspecified atom stereocenters. The highest BCUT2D eigenvalue weighted by atomic mass is 15.2. The highest BCUT2D eigenvalue weighted by molar-refractivity contribution is 5.86. The lowest BCUT2D eigenvalue weighted by Crippen LogP contribution is -2.05. The van der Waals surface area contributed by atoms with Gasteiger partial charge in [-0.2, -0.15) is 0 Å². The lowest BCUT2D eigenvalue weighted by molar-refractivity contribution is -0.345. The van der Waals surface area contributed by atoms with E-state index in [4.69, 9.17) is 0 Å². The predicted molar refractivity (Wildman–Crippen MR) is 252 cm³/mol. The molecular formula is C55H86N2. The molecule has 0 fully saturated rings. The normalized spacial score (nSPS) is 12.9. The summed E-state index contributed by atoms with van der Waals surface area (Å²) < 4.78 is 1.60. The third-order valence-corrected chi connectivity index (χ3v) is 12.1. The molecule has 2 heteroatoms. The summed E-state index contributed by atoms with van der Waals surface area (Å²) in [6.07, 6.45) is 38.0. The molecule has 0 radical (unpaired) electrons. The zero-order chi connectivity index (χ0) is 40.9. The molecule has 316 valence electrons. The minimum absolute atomic E-state index is 0.917. The third-order valence-electron chi connectivity index (χ3n) is 12.1. The standard InChI is InChI=1S/C55H86N2/c1-7-13-19-20-21-22-23-24-25-26-27-28-33-39-53-52(38-18-12-6)54(50-42-46(34-29-14-8-2)40-47(43-50)35-30-15-9-3)57(56)55(53)51-44-48(36-31-16-10-4)41-49(45-51)37-32-17-11-5/h40-45H,7-32,34-38H2,1-6H3. The zero-order valence-electron chi connectivity index (χ0n) is 38.3. The topological polar surface area (TPSA) is 25.3 Å². The van der Waals surface area contributed by atoms with Crippen LogP contribution in [0.25, 0.3) is 16.9 Å². The van der Waals surface area contributed by atoms with Gasteiger partial charge in [-0.1, -0.05) is 188 Å². The van der Waals surface area contributed by atoms with Crippen molar-refractivity contribution >= 4 is 11.4 Å². The lowest BCUT2D eigenvalue weighted by Gasteiger charge is -2.14. The zero-order valence-corrected chi connectivity index (χ0v) is 38.3.